The van der Waals surface area contributed by atoms with Crippen molar-refractivity contribution in [1.29, 1.82) is 0 Å². The summed E-state index contributed by atoms with van der Waals surface area (Å²) < 4.78 is 5.48. The molecular weight excluding hydrogens is 827 g/mol. The Kier molecular flexibility index (Phi) is 56.0. The lowest BCUT2D eigenvalue weighted by Gasteiger charge is -2.22. The normalized spacial score (nSPS) is 12.6. The molecule has 2 unspecified atom stereocenters. The third-order valence-corrected chi connectivity index (χ3v) is 14.3. The van der Waals surface area contributed by atoms with Crippen molar-refractivity contribution in [2.75, 3.05) is 13.2 Å². The van der Waals surface area contributed by atoms with Crippen LogP contribution in [0.2, 0.25) is 0 Å². The standard InChI is InChI=1S/C61H119NO5/c1-3-5-7-9-11-13-15-17-26-29-33-37-41-45-49-53-59(64)58(57-63)62-60(65)54-50-46-42-38-34-30-27-24-22-20-19-21-23-25-28-32-36-40-44-48-52-56-67-61(66)55-51-47-43-39-35-31-18-16-14-12-10-8-6-4-2/h16,18,58-59,63-64H,3-15,17,19-57H2,1-2H3,(H,62,65)/b18-16-. The molecule has 0 aromatic heterocycles. The van der Waals surface area contributed by atoms with Crippen molar-refractivity contribution in [3.63, 3.8) is 0 Å². The van der Waals surface area contributed by atoms with Gasteiger partial charge in [0.15, 0.2) is 0 Å². The van der Waals surface area contributed by atoms with E-state index in [0.29, 0.717) is 25.9 Å². The number of carbonyl (C=O) groups excluding carboxylic acids is 2. The van der Waals surface area contributed by atoms with Crippen LogP contribution in [-0.4, -0.2) is 47.4 Å². The molecule has 0 aliphatic rings. The van der Waals surface area contributed by atoms with Crippen molar-refractivity contribution in [2.24, 2.45) is 0 Å². The van der Waals surface area contributed by atoms with E-state index in [2.05, 4.69) is 31.3 Å². The van der Waals surface area contributed by atoms with Crippen LogP contribution in [0.4, 0.5) is 0 Å². The van der Waals surface area contributed by atoms with Crippen molar-refractivity contribution >= 4 is 11.9 Å². The minimum Gasteiger partial charge on any atom is -0.466 e. The molecule has 6 nitrogen and oxygen atoms in total. The largest absolute Gasteiger partial charge is 0.466 e. The third-order valence-electron chi connectivity index (χ3n) is 14.3. The SMILES string of the molecule is CCCCCCC/C=C\CCCCCCCC(=O)OCCCCCCCCCCCCCCCCCCCCCCCC(=O)NC(CO)C(O)CCCCCCCCCCCCCCCCC. The molecule has 0 aliphatic heterocycles. The monoisotopic (exact) mass is 946 g/mol. The molecule has 0 bridgehead atoms. The first kappa shape index (κ1) is 65.6. The molecule has 2 atom stereocenters. The summed E-state index contributed by atoms with van der Waals surface area (Å²) in [4.78, 5) is 24.5. The Morgan fingerprint density at radius 2 is 0.701 bits per heavy atom. The number of rotatable bonds is 57. The average molecular weight is 947 g/mol. The van der Waals surface area contributed by atoms with Crippen molar-refractivity contribution < 1.29 is 24.5 Å². The maximum Gasteiger partial charge on any atom is 0.305 e. The number of ether oxygens (including phenoxy) is 1. The van der Waals surface area contributed by atoms with Crippen LogP contribution in [0.5, 0.6) is 0 Å². The number of hydrogen-bond acceptors (Lipinski definition) is 5. The van der Waals surface area contributed by atoms with Gasteiger partial charge in [-0.1, -0.05) is 289 Å². The summed E-state index contributed by atoms with van der Waals surface area (Å²) in [6.45, 7) is 4.96. The topological polar surface area (TPSA) is 95.9 Å². The Morgan fingerprint density at radius 1 is 0.403 bits per heavy atom. The molecule has 0 aromatic rings. The van der Waals surface area contributed by atoms with E-state index >= 15 is 0 Å². The minimum atomic E-state index is -0.664. The number of aliphatic hydroxyl groups is 2. The summed E-state index contributed by atoms with van der Waals surface area (Å²) in [6, 6.07) is -0.541. The van der Waals surface area contributed by atoms with Crippen LogP contribution in [0.3, 0.4) is 0 Å². The highest BCUT2D eigenvalue weighted by atomic mass is 16.5. The second-order valence-electron chi connectivity index (χ2n) is 21.0. The molecule has 0 saturated heterocycles. The molecule has 6 heteroatoms. The van der Waals surface area contributed by atoms with Gasteiger partial charge in [-0.15, -0.1) is 0 Å². The van der Waals surface area contributed by atoms with E-state index in [4.69, 9.17) is 4.74 Å². The number of nitrogens with one attached hydrogen (secondary N) is 1. The van der Waals surface area contributed by atoms with Crippen LogP contribution in [0.15, 0.2) is 12.2 Å². The molecular formula is C61H119NO5. The first-order valence-corrected chi connectivity index (χ1v) is 30.4. The predicted octanol–water partition coefficient (Wildman–Crippen LogP) is 18.9. The quantitative estimate of drug-likeness (QED) is 0.0321. The Balaban J connectivity index is 3.38. The summed E-state index contributed by atoms with van der Waals surface area (Å²) >= 11 is 0. The zero-order valence-corrected chi connectivity index (χ0v) is 45.4. The Bertz CT molecular complexity index is 1000. The number of allylic oxidation sites excluding steroid dienone is 2. The lowest BCUT2D eigenvalue weighted by molar-refractivity contribution is -0.143. The molecule has 0 spiro atoms. The first-order chi connectivity index (χ1) is 33.0. The molecule has 398 valence electrons. The van der Waals surface area contributed by atoms with Gasteiger partial charge in [0.05, 0.1) is 25.4 Å². The summed E-state index contributed by atoms with van der Waals surface area (Å²) in [5, 5.41) is 23.3. The molecule has 0 aliphatic carbocycles. The van der Waals surface area contributed by atoms with E-state index in [-0.39, 0.29) is 18.5 Å². The molecule has 0 saturated carbocycles. The molecule has 0 rings (SSSR count). The lowest BCUT2D eigenvalue weighted by atomic mass is 10.0. The zero-order chi connectivity index (χ0) is 48.6. The smallest absolute Gasteiger partial charge is 0.305 e. The van der Waals surface area contributed by atoms with Gasteiger partial charge in [0.2, 0.25) is 5.91 Å². The van der Waals surface area contributed by atoms with Crippen molar-refractivity contribution in [3.05, 3.63) is 12.2 Å². The summed E-state index contributed by atoms with van der Waals surface area (Å²) in [7, 11) is 0. The van der Waals surface area contributed by atoms with Crippen molar-refractivity contribution in [1.82, 2.24) is 5.32 Å². The van der Waals surface area contributed by atoms with Gasteiger partial charge in [-0.2, -0.15) is 0 Å². The number of hydrogen-bond donors (Lipinski definition) is 3. The molecule has 0 radical (unpaired) electrons. The van der Waals surface area contributed by atoms with Crippen LogP contribution in [0.1, 0.15) is 341 Å². The predicted molar refractivity (Wildman–Crippen MR) is 292 cm³/mol. The highest BCUT2D eigenvalue weighted by molar-refractivity contribution is 5.76. The maximum atomic E-state index is 12.5. The highest BCUT2D eigenvalue weighted by Gasteiger charge is 2.20. The average Bonchev–Trinajstić information content (AvgIpc) is 3.33. The van der Waals surface area contributed by atoms with Crippen LogP contribution in [0.25, 0.3) is 0 Å². The molecule has 1 amide bonds. The van der Waals surface area contributed by atoms with E-state index in [1.54, 1.807) is 0 Å². The van der Waals surface area contributed by atoms with Gasteiger partial charge in [0, 0.05) is 12.8 Å². The summed E-state index contributed by atoms with van der Waals surface area (Å²) in [5.41, 5.74) is 0. The van der Waals surface area contributed by atoms with E-state index in [1.165, 1.54) is 263 Å². The Hall–Kier alpha value is -1.40. The molecule has 67 heavy (non-hydrogen) atoms. The van der Waals surface area contributed by atoms with Gasteiger partial charge in [-0.3, -0.25) is 9.59 Å². The van der Waals surface area contributed by atoms with Crippen molar-refractivity contribution in [2.45, 2.75) is 353 Å². The second kappa shape index (κ2) is 57.2. The lowest BCUT2D eigenvalue weighted by Crippen LogP contribution is -2.45. The first-order valence-electron chi connectivity index (χ1n) is 30.4. The van der Waals surface area contributed by atoms with Crippen LogP contribution < -0.4 is 5.32 Å². The van der Waals surface area contributed by atoms with Crippen LogP contribution >= 0.6 is 0 Å². The van der Waals surface area contributed by atoms with Crippen molar-refractivity contribution in [3.8, 4) is 0 Å². The molecule has 0 fully saturated rings. The Morgan fingerprint density at radius 3 is 1.06 bits per heavy atom. The minimum absolute atomic E-state index is 0.00411. The van der Waals surface area contributed by atoms with Gasteiger partial charge < -0.3 is 20.3 Å². The molecule has 3 N–H and O–H groups in total. The highest BCUT2D eigenvalue weighted by Crippen LogP contribution is 2.18. The van der Waals surface area contributed by atoms with Gasteiger partial charge >= 0.3 is 5.97 Å². The van der Waals surface area contributed by atoms with Crippen LogP contribution in [0, 0.1) is 0 Å². The summed E-state index contributed by atoms with van der Waals surface area (Å²) in [6.07, 6.45) is 67.8. The molecule has 0 heterocycles. The number of esters is 1. The fraction of sp³-hybridized carbons (Fsp3) is 0.934. The molecule has 0 aromatic carbocycles. The fourth-order valence-corrected chi connectivity index (χ4v) is 9.64. The van der Waals surface area contributed by atoms with Gasteiger partial charge in [-0.05, 0) is 51.4 Å². The zero-order valence-electron chi connectivity index (χ0n) is 45.4. The van der Waals surface area contributed by atoms with Gasteiger partial charge in [0.1, 0.15) is 0 Å². The number of aliphatic hydroxyl groups excluding tert-OH is 2. The van der Waals surface area contributed by atoms with Gasteiger partial charge in [-0.25, -0.2) is 0 Å². The fourth-order valence-electron chi connectivity index (χ4n) is 9.64. The van der Waals surface area contributed by atoms with Gasteiger partial charge in [0.25, 0.3) is 0 Å². The van der Waals surface area contributed by atoms with E-state index in [9.17, 15) is 19.8 Å². The summed E-state index contributed by atoms with van der Waals surface area (Å²) in [5.74, 6) is -0.0296. The maximum absolute atomic E-state index is 12.5. The number of amides is 1. The second-order valence-corrected chi connectivity index (χ2v) is 21.0. The number of unbranched alkanes of at least 4 members (excludes halogenated alkanes) is 44. The Labute approximate surface area is 419 Å². The van der Waals surface area contributed by atoms with E-state index < -0.39 is 12.1 Å². The third kappa shape index (κ3) is 53.8. The number of carbonyl (C=O) groups is 2. The van der Waals surface area contributed by atoms with E-state index in [1.807, 2.05) is 0 Å². The van der Waals surface area contributed by atoms with Crippen LogP contribution in [-0.2, 0) is 14.3 Å². The van der Waals surface area contributed by atoms with E-state index in [0.717, 1.165) is 44.9 Å².